The zero-order chi connectivity index (χ0) is 14.0. The fourth-order valence-electron chi connectivity index (χ4n) is 2.49. The first-order valence-electron chi connectivity index (χ1n) is 6.33. The Kier molecular flexibility index (Phi) is 6.92. The second-order valence-corrected chi connectivity index (χ2v) is 7.22. The van der Waals surface area contributed by atoms with E-state index in [1.165, 1.54) is 16.8 Å². The number of anilines is 1. The van der Waals surface area contributed by atoms with Crippen molar-refractivity contribution >= 4 is 25.9 Å². The summed E-state index contributed by atoms with van der Waals surface area (Å²) in [4.78, 5) is 2.20. The molecule has 0 saturated carbocycles. The molecule has 0 fully saturated rings. The Labute approximate surface area is 147 Å². The van der Waals surface area contributed by atoms with Crippen molar-refractivity contribution in [1.82, 2.24) is 0 Å². The van der Waals surface area contributed by atoms with Gasteiger partial charge in [-0.15, -0.1) is 0 Å². The van der Waals surface area contributed by atoms with Gasteiger partial charge in [-0.05, 0) is 55.1 Å². The summed E-state index contributed by atoms with van der Waals surface area (Å²) in [5.41, 5.74) is 3.70. The number of hydrogen-bond acceptors (Lipinski definition) is 5. The molecule has 0 saturated heterocycles. The van der Waals surface area contributed by atoms with Crippen LogP contribution in [0.3, 0.4) is 0 Å². The van der Waals surface area contributed by atoms with E-state index in [2.05, 4.69) is 52.3 Å². The summed E-state index contributed by atoms with van der Waals surface area (Å²) in [6.45, 7) is 4.84. The molecule has 1 aliphatic heterocycles. The van der Waals surface area contributed by atoms with E-state index in [0.717, 1.165) is 12.8 Å². The van der Waals surface area contributed by atoms with Gasteiger partial charge in [-0.1, -0.05) is 12.1 Å². The van der Waals surface area contributed by atoms with Crippen LogP contribution in [-0.2, 0) is 30.8 Å². The SMILES string of the molecule is Cc1ccc2c(c1)N(CCOS(=O)([O-])=S)[C@@H](C)CC2.[Na+]. The van der Waals surface area contributed by atoms with E-state index in [-0.39, 0.29) is 36.2 Å². The average molecular weight is 323 g/mol. The van der Waals surface area contributed by atoms with Crippen LogP contribution < -0.4 is 34.5 Å². The molecule has 4 nitrogen and oxygen atoms in total. The van der Waals surface area contributed by atoms with Crippen LogP contribution in [0.2, 0.25) is 0 Å². The fraction of sp³-hybridized carbons (Fsp3) is 0.538. The summed E-state index contributed by atoms with van der Waals surface area (Å²) in [6.07, 6.45) is 2.13. The standard InChI is InChI=1S/C13H19NO3S2.Na/c1-10-3-5-12-6-4-11(2)14(13(12)9-10)7-8-17-19(15,16)18;/h3,5,9,11H,4,6-8H2,1-2H3,(H,15,16,18);/q;+1/p-1/t11-;/m0./s1. The zero-order valence-corrected chi connectivity index (χ0v) is 15.8. The Morgan fingerprint density at radius 1 is 1.55 bits per heavy atom. The van der Waals surface area contributed by atoms with E-state index in [1.54, 1.807) is 0 Å². The first-order valence-corrected chi connectivity index (χ1v) is 8.66. The minimum absolute atomic E-state index is 0. The second kappa shape index (κ2) is 7.54. The number of aryl methyl sites for hydroxylation is 2. The number of fused-ring (bicyclic) bond motifs is 1. The molecule has 106 valence electrons. The maximum absolute atomic E-state index is 10.8. The first-order chi connectivity index (χ1) is 8.87. The van der Waals surface area contributed by atoms with E-state index in [1.807, 2.05) is 0 Å². The van der Waals surface area contributed by atoms with Gasteiger partial charge in [0.2, 0.25) is 0 Å². The van der Waals surface area contributed by atoms with Crippen LogP contribution in [0.5, 0.6) is 0 Å². The quantitative estimate of drug-likeness (QED) is 0.662. The molecule has 0 N–H and O–H groups in total. The van der Waals surface area contributed by atoms with Crippen molar-refractivity contribution in [1.29, 1.82) is 0 Å². The van der Waals surface area contributed by atoms with Crippen molar-refractivity contribution < 1.29 is 42.5 Å². The molecule has 1 aromatic carbocycles. The van der Waals surface area contributed by atoms with Gasteiger partial charge in [0.05, 0.1) is 15.7 Å². The Morgan fingerprint density at radius 3 is 2.90 bits per heavy atom. The molecular weight excluding hydrogens is 305 g/mol. The van der Waals surface area contributed by atoms with Gasteiger partial charge in [0.1, 0.15) is 0 Å². The third kappa shape index (κ3) is 4.94. The maximum atomic E-state index is 10.8. The predicted molar refractivity (Wildman–Crippen MR) is 78.5 cm³/mol. The van der Waals surface area contributed by atoms with Crippen molar-refractivity contribution in [2.24, 2.45) is 0 Å². The first kappa shape index (κ1) is 18.4. The number of nitrogens with zero attached hydrogens (tertiary/aromatic N) is 1. The molecule has 0 aromatic heterocycles. The van der Waals surface area contributed by atoms with Crippen molar-refractivity contribution in [3.63, 3.8) is 0 Å². The largest absolute Gasteiger partial charge is 1.00 e. The van der Waals surface area contributed by atoms with Gasteiger partial charge >= 0.3 is 29.6 Å². The Balaban J connectivity index is 0.00000200. The molecule has 2 atom stereocenters. The summed E-state index contributed by atoms with van der Waals surface area (Å²) in [5, 5.41) is 0. The van der Waals surface area contributed by atoms with Crippen LogP contribution in [0.1, 0.15) is 24.5 Å². The summed E-state index contributed by atoms with van der Waals surface area (Å²) in [7, 11) is -3.77. The minimum Gasteiger partial charge on any atom is -0.748 e. The third-order valence-electron chi connectivity index (χ3n) is 3.47. The molecule has 0 aliphatic carbocycles. The molecule has 1 heterocycles. The molecule has 1 aliphatic rings. The van der Waals surface area contributed by atoms with Gasteiger partial charge < -0.3 is 9.45 Å². The molecule has 2 rings (SSSR count). The second-order valence-electron chi connectivity index (χ2n) is 4.94. The van der Waals surface area contributed by atoms with Crippen molar-refractivity contribution in [2.45, 2.75) is 32.7 Å². The van der Waals surface area contributed by atoms with Gasteiger partial charge in [-0.25, -0.2) is 4.21 Å². The maximum Gasteiger partial charge on any atom is 1.00 e. The molecule has 1 aromatic rings. The molecule has 20 heavy (non-hydrogen) atoms. The predicted octanol–water partition coefficient (Wildman–Crippen LogP) is -1.05. The molecule has 0 radical (unpaired) electrons. The van der Waals surface area contributed by atoms with Crippen LogP contribution >= 0.6 is 0 Å². The van der Waals surface area contributed by atoms with Crippen LogP contribution in [0, 0.1) is 6.92 Å². The van der Waals surface area contributed by atoms with E-state index in [0.29, 0.717) is 12.6 Å². The summed E-state index contributed by atoms with van der Waals surface area (Å²) in [5.74, 6) is 0. The van der Waals surface area contributed by atoms with Crippen LogP contribution in [0.4, 0.5) is 5.69 Å². The average Bonchev–Trinajstić information content (AvgIpc) is 2.30. The van der Waals surface area contributed by atoms with Gasteiger partial charge in [-0.2, -0.15) is 0 Å². The molecule has 0 bridgehead atoms. The number of rotatable bonds is 4. The summed E-state index contributed by atoms with van der Waals surface area (Å²) >= 11 is 4.21. The topological polar surface area (TPSA) is 52.6 Å². The van der Waals surface area contributed by atoms with Gasteiger partial charge in [0, 0.05) is 18.3 Å². The minimum atomic E-state index is -3.77. The molecule has 0 amide bonds. The molecule has 1 unspecified atom stereocenters. The summed E-state index contributed by atoms with van der Waals surface area (Å²) < 4.78 is 26.3. The van der Waals surface area contributed by atoms with Gasteiger partial charge in [-0.3, -0.25) is 4.18 Å². The molecule has 7 heteroatoms. The van der Waals surface area contributed by atoms with E-state index in [4.69, 9.17) is 0 Å². The van der Waals surface area contributed by atoms with Crippen LogP contribution in [0.15, 0.2) is 18.2 Å². The van der Waals surface area contributed by atoms with Crippen LogP contribution in [-0.4, -0.2) is 28.0 Å². The molecule has 0 spiro atoms. The Hall–Kier alpha value is 0.310. The van der Waals surface area contributed by atoms with Crippen LogP contribution in [0.25, 0.3) is 0 Å². The number of benzene rings is 1. The van der Waals surface area contributed by atoms with Gasteiger partial charge in [0.15, 0.2) is 0 Å². The van der Waals surface area contributed by atoms with E-state index >= 15 is 0 Å². The molecular formula is C13H18NNaO3S2. The number of hydrogen-bond donors (Lipinski definition) is 0. The van der Waals surface area contributed by atoms with Crippen molar-refractivity contribution in [2.75, 3.05) is 18.1 Å². The zero-order valence-electron chi connectivity index (χ0n) is 12.1. The van der Waals surface area contributed by atoms with Gasteiger partial charge in [0.25, 0.3) is 0 Å². The van der Waals surface area contributed by atoms with E-state index in [9.17, 15) is 8.76 Å². The Bertz CT molecular complexity index is 563. The Morgan fingerprint density at radius 2 is 2.25 bits per heavy atom. The van der Waals surface area contributed by atoms with Crippen molar-refractivity contribution in [3.05, 3.63) is 29.3 Å². The smallest absolute Gasteiger partial charge is 0.748 e. The third-order valence-corrected chi connectivity index (χ3v) is 4.22. The monoisotopic (exact) mass is 323 g/mol. The van der Waals surface area contributed by atoms with Crippen molar-refractivity contribution in [3.8, 4) is 0 Å². The normalized spacial score (nSPS) is 20.8. The van der Waals surface area contributed by atoms with E-state index < -0.39 is 9.05 Å². The summed E-state index contributed by atoms with van der Waals surface area (Å²) in [6, 6.07) is 6.78. The fourth-order valence-corrected chi connectivity index (χ4v) is 2.97.